The Bertz CT molecular complexity index is 1180. The maximum atomic E-state index is 13.1. The maximum Gasteiger partial charge on any atom is 0.224 e. The van der Waals surface area contributed by atoms with Crippen LogP contribution in [-0.4, -0.2) is 34.1 Å². The number of aromatic hydroxyl groups is 2. The summed E-state index contributed by atoms with van der Waals surface area (Å²) in [6.07, 6.45) is 3.79. The van der Waals surface area contributed by atoms with Gasteiger partial charge < -0.3 is 20.8 Å². The molecule has 1 aliphatic rings. The van der Waals surface area contributed by atoms with Crippen LogP contribution in [0.1, 0.15) is 142 Å². The molecule has 0 saturated heterocycles. The van der Waals surface area contributed by atoms with E-state index in [4.69, 9.17) is 0 Å². The summed E-state index contributed by atoms with van der Waals surface area (Å²) in [4.78, 5) is 26.2. The summed E-state index contributed by atoms with van der Waals surface area (Å²) in [7, 11) is 0. The van der Waals surface area contributed by atoms with Gasteiger partial charge in [0, 0.05) is 12.1 Å². The minimum absolute atomic E-state index is 0.0143. The first-order valence-corrected chi connectivity index (χ1v) is 16.3. The fourth-order valence-corrected chi connectivity index (χ4v) is 6.19. The Hall–Kier alpha value is -3.02. The van der Waals surface area contributed by atoms with Crippen molar-refractivity contribution in [3.63, 3.8) is 0 Å². The van der Waals surface area contributed by atoms with Crippen molar-refractivity contribution < 1.29 is 19.8 Å². The van der Waals surface area contributed by atoms with Gasteiger partial charge in [-0.05, 0) is 80.7 Å². The summed E-state index contributed by atoms with van der Waals surface area (Å²) in [6, 6.07) is 8.05. The van der Waals surface area contributed by atoms with Gasteiger partial charge in [0.05, 0.1) is 12.8 Å². The molecule has 0 spiro atoms. The average Bonchev–Trinajstić information content (AvgIpc) is 2.84. The van der Waals surface area contributed by atoms with Gasteiger partial charge in [-0.15, -0.1) is 0 Å². The number of carbonyl (C=O) groups excluding carboxylic acids is 2. The van der Waals surface area contributed by atoms with E-state index in [0.29, 0.717) is 11.5 Å². The monoisotopic (exact) mass is 606 g/mol. The van der Waals surface area contributed by atoms with E-state index in [0.717, 1.165) is 59.1 Å². The molecule has 6 nitrogen and oxygen atoms in total. The van der Waals surface area contributed by atoms with Crippen molar-refractivity contribution in [3.05, 3.63) is 57.6 Å². The lowest BCUT2D eigenvalue weighted by atomic mass is 9.78. The number of amides is 2. The highest BCUT2D eigenvalue weighted by atomic mass is 16.3. The largest absolute Gasteiger partial charge is 0.507 e. The molecule has 2 aromatic carbocycles. The van der Waals surface area contributed by atoms with Gasteiger partial charge in [-0.2, -0.15) is 0 Å². The molecule has 0 radical (unpaired) electrons. The summed E-state index contributed by atoms with van der Waals surface area (Å²) < 4.78 is 0. The number of hydrogen-bond acceptors (Lipinski definition) is 4. The number of phenols is 2. The van der Waals surface area contributed by atoms with Crippen LogP contribution in [0, 0.1) is 0 Å². The lowest BCUT2D eigenvalue weighted by Crippen LogP contribution is -2.44. The topological polar surface area (TPSA) is 98.7 Å². The lowest BCUT2D eigenvalue weighted by molar-refractivity contribution is -0.123. The Morgan fingerprint density at radius 3 is 0.977 bits per heavy atom. The van der Waals surface area contributed by atoms with Gasteiger partial charge in [-0.1, -0.05) is 107 Å². The number of nitrogens with one attached hydrogen (secondary N) is 2. The van der Waals surface area contributed by atoms with Crippen LogP contribution in [0.25, 0.3) is 0 Å². The number of carbonyl (C=O) groups is 2. The molecule has 0 bridgehead atoms. The smallest absolute Gasteiger partial charge is 0.224 e. The minimum atomic E-state index is -0.245. The van der Waals surface area contributed by atoms with Gasteiger partial charge >= 0.3 is 0 Å². The van der Waals surface area contributed by atoms with Crippen molar-refractivity contribution in [1.82, 2.24) is 10.6 Å². The van der Waals surface area contributed by atoms with Crippen LogP contribution in [0.2, 0.25) is 0 Å². The zero-order valence-corrected chi connectivity index (χ0v) is 29.4. The Balaban J connectivity index is 1.60. The van der Waals surface area contributed by atoms with Crippen LogP contribution >= 0.6 is 0 Å². The average molecular weight is 607 g/mol. The molecule has 2 amide bonds. The Morgan fingerprint density at radius 2 is 0.773 bits per heavy atom. The van der Waals surface area contributed by atoms with Gasteiger partial charge in [0.2, 0.25) is 11.8 Å². The van der Waals surface area contributed by atoms with E-state index in [1.54, 1.807) is 0 Å². The molecule has 244 valence electrons. The number of benzene rings is 2. The van der Waals surface area contributed by atoms with Crippen LogP contribution in [0.5, 0.6) is 11.5 Å². The normalized spacial score (nSPS) is 18.2. The highest BCUT2D eigenvalue weighted by Crippen LogP contribution is 2.41. The molecule has 1 aliphatic carbocycles. The molecule has 0 unspecified atom stereocenters. The minimum Gasteiger partial charge on any atom is -0.507 e. The van der Waals surface area contributed by atoms with E-state index >= 15 is 0 Å². The highest BCUT2D eigenvalue weighted by Gasteiger charge is 2.29. The van der Waals surface area contributed by atoms with Gasteiger partial charge in [-0.25, -0.2) is 0 Å². The Kier molecular flexibility index (Phi) is 10.3. The summed E-state index contributed by atoms with van der Waals surface area (Å²) in [5.74, 6) is 0.618. The Labute approximate surface area is 266 Å². The quantitative estimate of drug-likeness (QED) is 0.272. The second-order valence-corrected chi connectivity index (χ2v) is 17.1. The van der Waals surface area contributed by atoms with Gasteiger partial charge in [-0.3, -0.25) is 9.59 Å². The lowest BCUT2D eigenvalue weighted by Gasteiger charge is -2.30. The number of phenolic OH excluding ortho intramolecular Hbond substituents is 2. The van der Waals surface area contributed by atoms with E-state index in [1.807, 2.05) is 24.3 Å². The zero-order valence-electron chi connectivity index (χ0n) is 29.4. The Morgan fingerprint density at radius 1 is 0.545 bits per heavy atom. The molecule has 4 N–H and O–H groups in total. The standard InChI is InChI=1S/C38H58N2O4/c1-35(2,3)27-17-23(18-28(33(27)43)36(4,5)6)21-31(41)39-25-13-15-26(16-14-25)40-32(42)22-24-19-29(37(7,8)9)34(44)30(20-24)38(10,11)12/h17-20,25-26,43-44H,13-16,21-22H2,1-12H3,(H,39,41)(H,40,42). The van der Waals surface area contributed by atoms with Crippen LogP contribution < -0.4 is 10.6 Å². The predicted octanol–water partition coefficient (Wildman–Crippen LogP) is 7.62. The molecule has 44 heavy (non-hydrogen) atoms. The number of rotatable bonds is 6. The molecular weight excluding hydrogens is 548 g/mol. The molecule has 6 heteroatoms. The summed E-state index contributed by atoms with van der Waals surface area (Å²) in [5.41, 5.74) is 4.29. The SMILES string of the molecule is CC(C)(C)c1cc(CC(=O)NC2CCC(NC(=O)Cc3cc(C(C)(C)C)c(O)c(C(C)(C)C)c3)CC2)cc(C(C)(C)C)c1O. The maximum absolute atomic E-state index is 13.1. The summed E-state index contributed by atoms with van der Waals surface area (Å²) in [5, 5.41) is 28.5. The van der Waals surface area contributed by atoms with E-state index in [2.05, 4.69) is 93.7 Å². The summed E-state index contributed by atoms with van der Waals surface area (Å²) in [6.45, 7) is 24.9. The third kappa shape index (κ3) is 9.01. The molecule has 3 rings (SSSR count). The van der Waals surface area contributed by atoms with Crippen molar-refractivity contribution in [1.29, 1.82) is 0 Å². The first-order chi connectivity index (χ1) is 20.0. The molecular formula is C38H58N2O4. The van der Waals surface area contributed by atoms with Crippen molar-refractivity contribution >= 4 is 11.8 Å². The van der Waals surface area contributed by atoms with Gasteiger partial charge in [0.15, 0.2) is 0 Å². The van der Waals surface area contributed by atoms with Crippen molar-refractivity contribution in [3.8, 4) is 11.5 Å². The third-order valence-corrected chi connectivity index (χ3v) is 8.76. The second-order valence-electron chi connectivity index (χ2n) is 17.1. The fourth-order valence-electron chi connectivity index (χ4n) is 6.19. The van der Waals surface area contributed by atoms with E-state index < -0.39 is 0 Å². The van der Waals surface area contributed by atoms with Crippen LogP contribution in [0.4, 0.5) is 0 Å². The predicted molar refractivity (Wildman–Crippen MR) is 181 cm³/mol. The van der Waals surface area contributed by atoms with Crippen molar-refractivity contribution in [2.24, 2.45) is 0 Å². The molecule has 0 aromatic heterocycles. The van der Waals surface area contributed by atoms with E-state index in [9.17, 15) is 19.8 Å². The fraction of sp³-hybridized carbons (Fsp3) is 0.632. The van der Waals surface area contributed by atoms with Crippen molar-refractivity contribution in [2.45, 2.75) is 155 Å². The van der Waals surface area contributed by atoms with Gasteiger partial charge in [0.25, 0.3) is 0 Å². The van der Waals surface area contributed by atoms with E-state index in [1.165, 1.54) is 0 Å². The third-order valence-electron chi connectivity index (χ3n) is 8.76. The first-order valence-electron chi connectivity index (χ1n) is 16.3. The zero-order chi connectivity index (χ0) is 33.4. The molecule has 0 aliphatic heterocycles. The molecule has 1 saturated carbocycles. The second kappa shape index (κ2) is 12.8. The van der Waals surface area contributed by atoms with Crippen LogP contribution in [0.15, 0.2) is 24.3 Å². The van der Waals surface area contributed by atoms with Crippen LogP contribution in [0.3, 0.4) is 0 Å². The number of hydrogen-bond donors (Lipinski definition) is 4. The van der Waals surface area contributed by atoms with Crippen LogP contribution in [-0.2, 0) is 44.1 Å². The first kappa shape index (κ1) is 35.5. The highest BCUT2D eigenvalue weighted by molar-refractivity contribution is 5.80. The summed E-state index contributed by atoms with van der Waals surface area (Å²) >= 11 is 0. The molecule has 0 atom stereocenters. The molecule has 0 heterocycles. The molecule has 1 fully saturated rings. The van der Waals surface area contributed by atoms with Crippen molar-refractivity contribution in [2.75, 3.05) is 0 Å². The van der Waals surface area contributed by atoms with Gasteiger partial charge in [0.1, 0.15) is 11.5 Å². The molecule has 2 aromatic rings. The van der Waals surface area contributed by atoms with E-state index in [-0.39, 0.29) is 58.4 Å².